The van der Waals surface area contributed by atoms with E-state index in [-0.39, 0.29) is 29.3 Å². The molecule has 2 aliphatic rings. The van der Waals surface area contributed by atoms with Crippen LogP contribution >= 0.6 is 24.6 Å². The van der Waals surface area contributed by atoms with Crippen LogP contribution in [0.1, 0.15) is 37.8 Å². The first-order chi connectivity index (χ1) is 16.0. The molecule has 11 heteroatoms. The van der Waals surface area contributed by atoms with E-state index < -0.39 is 28.7 Å². The van der Waals surface area contributed by atoms with Crippen molar-refractivity contribution in [2.24, 2.45) is 0 Å². The number of nitrogens with zero attached hydrogens (tertiary/aromatic N) is 3. The fraction of sp³-hybridized carbons (Fsp3) is 0.375. The van der Waals surface area contributed by atoms with Crippen LogP contribution in [0.5, 0.6) is 5.75 Å². The van der Waals surface area contributed by atoms with Gasteiger partial charge in [-0.05, 0) is 94.5 Å². The van der Waals surface area contributed by atoms with E-state index in [2.05, 4.69) is 5.32 Å². The van der Waals surface area contributed by atoms with Gasteiger partial charge in [-0.2, -0.15) is 18.4 Å². The third-order valence-electron chi connectivity index (χ3n) is 6.04. The number of carbonyl (C=O) groups excluding carboxylic acids is 1. The SMILES string of the molecule is CC1(C)C(=O)N(c2ccc(C#N)c(C(F)(F)F)c2)C(=S)N1c1ccc(OC2CCNCC2)cc1.Cl. The van der Waals surface area contributed by atoms with Crippen molar-refractivity contribution < 1.29 is 22.7 Å². The first-order valence-electron chi connectivity index (χ1n) is 10.8. The van der Waals surface area contributed by atoms with Crippen molar-refractivity contribution in [3.63, 3.8) is 0 Å². The van der Waals surface area contributed by atoms with Crippen molar-refractivity contribution in [1.29, 1.82) is 5.26 Å². The van der Waals surface area contributed by atoms with Gasteiger partial charge in [-0.3, -0.25) is 9.69 Å². The molecule has 2 saturated heterocycles. The lowest BCUT2D eigenvalue weighted by atomic mass is 10.0. The lowest BCUT2D eigenvalue weighted by Gasteiger charge is -2.30. The van der Waals surface area contributed by atoms with Crippen molar-refractivity contribution in [1.82, 2.24) is 5.32 Å². The molecule has 2 heterocycles. The summed E-state index contributed by atoms with van der Waals surface area (Å²) in [6, 6.07) is 11.8. The fourth-order valence-electron chi connectivity index (χ4n) is 4.24. The smallest absolute Gasteiger partial charge is 0.417 e. The summed E-state index contributed by atoms with van der Waals surface area (Å²) in [5.41, 5.74) is -2.19. The van der Waals surface area contributed by atoms with E-state index in [1.54, 1.807) is 49.1 Å². The first kappa shape index (κ1) is 26.7. The molecule has 0 atom stereocenters. The number of ether oxygens (including phenoxy) is 1. The van der Waals surface area contributed by atoms with Crippen molar-refractivity contribution in [2.75, 3.05) is 22.9 Å². The van der Waals surface area contributed by atoms with Gasteiger partial charge in [0.25, 0.3) is 5.91 Å². The highest BCUT2D eigenvalue weighted by Crippen LogP contribution is 2.40. The van der Waals surface area contributed by atoms with Gasteiger partial charge in [0.15, 0.2) is 5.11 Å². The summed E-state index contributed by atoms with van der Waals surface area (Å²) in [6.45, 7) is 5.13. The minimum Gasteiger partial charge on any atom is -0.490 e. The van der Waals surface area contributed by atoms with Crippen LogP contribution in [0.3, 0.4) is 0 Å². The number of carbonyl (C=O) groups is 1. The van der Waals surface area contributed by atoms with E-state index in [1.807, 2.05) is 0 Å². The van der Waals surface area contributed by atoms with E-state index in [9.17, 15) is 18.0 Å². The Morgan fingerprint density at radius 1 is 1.11 bits per heavy atom. The van der Waals surface area contributed by atoms with Gasteiger partial charge in [-0.1, -0.05) is 0 Å². The van der Waals surface area contributed by atoms with Crippen LogP contribution in [0.15, 0.2) is 42.5 Å². The summed E-state index contributed by atoms with van der Waals surface area (Å²) in [5, 5.41) is 12.4. The Morgan fingerprint density at radius 3 is 2.29 bits per heavy atom. The second kappa shape index (κ2) is 10.0. The third-order valence-corrected chi connectivity index (χ3v) is 6.40. The lowest BCUT2D eigenvalue weighted by Crippen LogP contribution is -2.44. The second-order valence-corrected chi connectivity index (χ2v) is 9.08. The van der Waals surface area contributed by atoms with Gasteiger partial charge in [0.05, 0.1) is 22.9 Å². The molecule has 35 heavy (non-hydrogen) atoms. The van der Waals surface area contributed by atoms with Crippen LogP contribution in [-0.2, 0) is 11.0 Å². The number of rotatable bonds is 4. The number of amides is 1. The number of hydrogen-bond acceptors (Lipinski definition) is 5. The molecule has 2 fully saturated rings. The maximum atomic E-state index is 13.5. The Labute approximate surface area is 213 Å². The highest BCUT2D eigenvalue weighted by Gasteiger charge is 2.50. The lowest BCUT2D eigenvalue weighted by molar-refractivity contribution is -0.137. The molecule has 1 amide bonds. The number of benzene rings is 2. The highest BCUT2D eigenvalue weighted by atomic mass is 35.5. The first-order valence-corrected chi connectivity index (χ1v) is 11.2. The number of nitriles is 1. The number of thiocarbonyl (C=S) groups is 1. The van der Waals surface area contributed by atoms with Gasteiger partial charge >= 0.3 is 6.18 Å². The molecule has 4 rings (SSSR count). The number of halogens is 4. The Morgan fingerprint density at radius 2 is 1.71 bits per heavy atom. The summed E-state index contributed by atoms with van der Waals surface area (Å²) < 4.78 is 46.5. The van der Waals surface area contributed by atoms with E-state index >= 15 is 0 Å². The predicted molar refractivity (Wildman–Crippen MR) is 133 cm³/mol. The monoisotopic (exact) mass is 524 g/mol. The Balaban J connectivity index is 0.00000342. The zero-order chi connectivity index (χ0) is 24.7. The molecular formula is C24H24ClF3N4O2S. The molecule has 6 nitrogen and oxygen atoms in total. The zero-order valence-corrected chi connectivity index (χ0v) is 20.7. The molecule has 0 unspecified atom stereocenters. The fourth-order valence-corrected chi connectivity index (χ4v) is 4.76. The van der Waals surface area contributed by atoms with Crippen molar-refractivity contribution in [3.05, 3.63) is 53.6 Å². The Kier molecular flexibility index (Phi) is 7.65. The Hall–Kier alpha value is -2.87. The molecular weight excluding hydrogens is 501 g/mol. The van der Waals surface area contributed by atoms with Crippen molar-refractivity contribution >= 4 is 47.0 Å². The molecule has 0 bridgehead atoms. The van der Waals surface area contributed by atoms with Gasteiger partial charge in [-0.25, -0.2) is 0 Å². The van der Waals surface area contributed by atoms with Crippen LogP contribution in [-0.4, -0.2) is 35.8 Å². The second-order valence-electron chi connectivity index (χ2n) is 8.72. The molecule has 2 aliphatic heterocycles. The molecule has 1 N–H and O–H groups in total. The minimum absolute atomic E-state index is 0. The normalized spacial score (nSPS) is 18.3. The van der Waals surface area contributed by atoms with Gasteiger partial charge in [0, 0.05) is 5.69 Å². The van der Waals surface area contributed by atoms with Crippen molar-refractivity contribution in [2.45, 2.75) is 44.5 Å². The maximum Gasteiger partial charge on any atom is 0.417 e. The van der Waals surface area contributed by atoms with Crippen molar-refractivity contribution in [3.8, 4) is 11.8 Å². The Bertz CT molecular complexity index is 1160. The van der Waals surface area contributed by atoms with Crippen LogP contribution in [0.25, 0.3) is 0 Å². The molecule has 2 aromatic carbocycles. The van der Waals surface area contributed by atoms with E-state index in [0.717, 1.165) is 43.0 Å². The van der Waals surface area contributed by atoms with Gasteiger partial charge in [0.1, 0.15) is 17.4 Å². The number of alkyl halides is 3. The molecule has 0 aromatic heterocycles. The molecule has 2 aromatic rings. The summed E-state index contributed by atoms with van der Waals surface area (Å²) in [5.74, 6) is 0.231. The largest absolute Gasteiger partial charge is 0.490 e. The van der Waals surface area contributed by atoms with Crippen LogP contribution in [0.4, 0.5) is 24.5 Å². The van der Waals surface area contributed by atoms with Gasteiger partial charge < -0.3 is 15.0 Å². The van der Waals surface area contributed by atoms with E-state index in [4.69, 9.17) is 22.2 Å². The molecule has 0 saturated carbocycles. The van der Waals surface area contributed by atoms with Gasteiger partial charge in [0.2, 0.25) is 0 Å². The summed E-state index contributed by atoms with van der Waals surface area (Å²) >= 11 is 5.56. The standard InChI is InChI=1S/C24H23F3N4O2S.ClH/c1-23(2)21(32)30(17-4-3-15(14-28)20(13-17)24(25,26)27)22(34)31(23)16-5-7-18(8-6-16)33-19-9-11-29-12-10-19;/h3-8,13,19,29H,9-12H2,1-2H3;1H. The minimum atomic E-state index is -4.75. The molecule has 186 valence electrons. The van der Waals surface area contributed by atoms with Gasteiger partial charge in [-0.15, -0.1) is 12.4 Å². The number of piperidine rings is 1. The molecule has 0 radical (unpaired) electrons. The average molecular weight is 525 g/mol. The number of nitrogens with one attached hydrogen (secondary N) is 1. The number of anilines is 2. The highest BCUT2D eigenvalue weighted by molar-refractivity contribution is 7.81. The van der Waals surface area contributed by atoms with E-state index in [0.29, 0.717) is 11.4 Å². The topological polar surface area (TPSA) is 68.6 Å². The quantitative estimate of drug-likeness (QED) is 0.565. The summed E-state index contributed by atoms with van der Waals surface area (Å²) in [4.78, 5) is 16.0. The summed E-state index contributed by atoms with van der Waals surface area (Å²) in [7, 11) is 0. The predicted octanol–water partition coefficient (Wildman–Crippen LogP) is 5.05. The third kappa shape index (κ3) is 5.08. The molecule has 0 aliphatic carbocycles. The van der Waals surface area contributed by atoms with E-state index in [1.165, 1.54) is 6.07 Å². The van der Waals surface area contributed by atoms with Crippen LogP contribution < -0.4 is 19.9 Å². The number of hydrogen-bond donors (Lipinski definition) is 1. The summed E-state index contributed by atoms with van der Waals surface area (Å²) in [6.07, 6.45) is -2.78. The molecule has 0 spiro atoms. The van der Waals surface area contributed by atoms with Crippen LogP contribution in [0.2, 0.25) is 0 Å². The zero-order valence-electron chi connectivity index (χ0n) is 19.1. The maximum absolute atomic E-state index is 13.5. The average Bonchev–Trinajstić information content (AvgIpc) is 2.98. The van der Waals surface area contributed by atoms with Crippen LogP contribution in [0, 0.1) is 11.3 Å².